The molecule has 0 aromatic heterocycles. The number of nitrogens with two attached hydrogens (primary N) is 1. The molecular formula is C10H10FNO2. The van der Waals surface area contributed by atoms with Crippen LogP contribution >= 0.6 is 0 Å². The van der Waals surface area contributed by atoms with Crippen molar-refractivity contribution in [2.75, 3.05) is 0 Å². The molecule has 0 aliphatic carbocycles. The molecule has 4 heteroatoms. The molecule has 1 rings (SSSR count). The van der Waals surface area contributed by atoms with Gasteiger partial charge in [0.2, 0.25) is 0 Å². The highest BCUT2D eigenvalue weighted by Gasteiger charge is 1.99. The Morgan fingerprint density at radius 3 is 2.86 bits per heavy atom. The van der Waals surface area contributed by atoms with Gasteiger partial charge in [-0.15, -0.1) is 0 Å². The van der Waals surface area contributed by atoms with Gasteiger partial charge in [0.15, 0.2) is 0 Å². The van der Waals surface area contributed by atoms with E-state index in [0.717, 1.165) is 6.08 Å². The highest BCUT2D eigenvalue weighted by molar-refractivity contribution is 5.85. The number of hydrogen-bond acceptors (Lipinski definition) is 2. The molecule has 14 heavy (non-hydrogen) atoms. The van der Waals surface area contributed by atoms with Gasteiger partial charge < -0.3 is 10.8 Å². The molecule has 74 valence electrons. The van der Waals surface area contributed by atoms with Crippen LogP contribution in [0.3, 0.4) is 0 Å². The third-order valence-electron chi connectivity index (χ3n) is 1.73. The highest BCUT2D eigenvalue weighted by Crippen LogP contribution is 2.12. The van der Waals surface area contributed by atoms with Gasteiger partial charge in [0, 0.05) is 12.6 Å². The molecule has 0 atom stereocenters. The Kier molecular flexibility index (Phi) is 3.36. The molecule has 0 heterocycles. The number of rotatable bonds is 3. The Balaban J connectivity index is 3.02. The van der Waals surface area contributed by atoms with E-state index >= 15 is 0 Å². The molecule has 0 saturated heterocycles. The minimum Gasteiger partial charge on any atom is -0.478 e. The smallest absolute Gasteiger partial charge is 0.328 e. The molecule has 0 bridgehead atoms. The Labute approximate surface area is 80.7 Å². The third kappa shape index (κ3) is 2.67. The fourth-order valence-electron chi connectivity index (χ4n) is 1.07. The first-order valence-corrected chi connectivity index (χ1v) is 4.03. The second-order valence-electron chi connectivity index (χ2n) is 2.72. The molecular weight excluding hydrogens is 185 g/mol. The van der Waals surface area contributed by atoms with Gasteiger partial charge in [-0.3, -0.25) is 0 Å². The van der Waals surface area contributed by atoms with Crippen molar-refractivity contribution in [3.63, 3.8) is 0 Å². The number of hydrogen-bond donors (Lipinski definition) is 2. The first-order valence-electron chi connectivity index (χ1n) is 4.03. The standard InChI is InChI=1S/C10H10FNO2/c11-9-3-1-7(2-4-10(13)14)8(5-9)6-12/h1-5H,6,12H2,(H,13,14). The summed E-state index contributed by atoms with van der Waals surface area (Å²) in [6.45, 7) is 0.178. The van der Waals surface area contributed by atoms with Gasteiger partial charge >= 0.3 is 5.97 Å². The van der Waals surface area contributed by atoms with Crippen molar-refractivity contribution in [3.05, 3.63) is 41.2 Å². The van der Waals surface area contributed by atoms with Crippen LogP contribution in [0.1, 0.15) is 11.1 Å². The Bertz CT molecular complexity index is 374. The van der Waals surface area contributed by atoms with E-state index in [9.17, 15) is 9.18 Å². The van der Waals surface area contributed by atoms with E-state index in [1.165, 1.54) is 24.3 Å². The maximum atomic E-state index is 12.7. The summed E-state index contributed by atoms with van der Waals surface area (Å²) in [5, 5.41) is 8.40. The lowest BCUT2D eigenvalue weighted by atomic mass is 10.1. The van der Waals surface area contributed by atoms with E-state index in [1.54, 1.807) is 0 Å². The molecule has 0 fully saturated rings. The summed E-state index contributed by atoms with van der Waals surface area (Å²) in [5.74, 6) is -1.42. The van der Waals surface area contributed by atoms with Gasteiger partial charge in [0.25, 0.3) is 0 Å². The SMILES string of the molecule is NCc1cc(F)ccc1C=CC(=O)O. The fraction of sp³-hybridized carbons (Fsp3) is 0.100. The zero-order chi connectivity index (χ0) is 10.6. The van der Waals surface area contributed by atoms with Crippen LogP contribution < -0.4 is 5.73 Å². The number of halogens is 1. The number of benzene rings is 1. The molecule has 3 N–H and O–H groups in total. The number of carboxylic acids is 1. The maximum Gasteiger partial charge on any atom is 0.328 e. The second kappa shape index (κ2) is 4.53. The largest absolute Gasteiger partial charge is 0.478 e. The summed E-state index contributed by atoms with van der Waals surface area (Å²) in [4.78, 5) is 10.2. The molecule has 0 unspecified atom stereocenters. The predicted octanol–water partition coefficient (Wildman–Crippen LogP) is 1.38. The third-order valence-corrected chi connectivity index (χ3v) is 1.73. The van der Waals surface area contributed by atoms with Crippen molar-refractivity contribution < 1.29 is 14.3 Å². The Hall–Kier alpha value is -1.68. The van der Waals surface area contributed by atoms with Crippen molar-refractivity contribution in [2.45, 2.75) is 6.54 Å². The lowest BCUT2D eigenvalue weighted by Crippen LogP contribution is -1.99. The molecule has 0 aliphatic rings. The van der Waals surface area contributed by atoms with Crippen LogP contribution in [0.4, 0.5) is 4.39 Å². The number of aliphatic carboxylic acids is 1. The molecule has 0 amide bonds. The minimum atomic E-state index is -1.04. The number of carbonyl (C=O) groups is 1. The van der Waals surface area contributed by atoms with E-state index in [4.69, 9.17) is 10.8 Å². The first kappa shape index (κ1) is 10.4. The summed E-state index contributed by atoms with van der Waals surface area (Å²) < 4.78 is 12.7. The van der Waals surface area contributed by atoms with Crippen LogP contribution in [0.2, 0.25) is 0 Å². The van der Waals surface area contributed by atoms with Crippen LogP contribution in [0.15, 0.2) is 24.3 Å². The van der Waals surface area contributed by atoms with Crippen molar-refractivity contribution in [1.29, 1.82) is 0 Å². The summed E-state index contributed by atoms with van der Waals surface area (Å²) in [5.41, 5.74) is 6.59. The van der Waals surface area contributed by atoms with Gasteiger partial charge in [0.1, 0.15) is 5.82 Å². The topological polar surface area (TPSA) is 63.3 Å². The summed E-state index contributed by atoms with van der Waals surface area (Å²) in [6.07, 6.45) is 2.39. The quantitative estimate of drug-likeness (QED) is 0.716. The monoisotopic (exact) mass is 195 g/mol. The van der Waals surface area contributed by atoms with Crippen LogP contribution in [0, 0.1) is 5.82 Å². The Morgan fingerprint density at radius 2 is 2.29 bits per heavy atom. The predicted molar refractivity (Wildman–Crippen MR) is 51.0 cm³/mol. The van der Waals surface area contributed by atoms with E-state index in [-0.39, 0.29) is 12.4 Å². The molecule has 1 aromatic rings. The normalized spacial score (nSPS) is 10.7. The van der Waals surface area contributed by atoms with Crippen LogP contribution in [-0.2, 0) is 11.3 Å². The molecule has 1 aromatic carbocycles. The summed E-state index contributed by atoms with van der Waals surface area (Å²) in [7, 11) is 0. The van der Waals surface area contributed by atoms with E-state index < -0.39 is 5.97 Å². The lowest BCUT2D eigenvalue weighted by molar-refractivity contribution is -0.131. The van der Waals surface area contributed by atoms with Crippen molar-refractivity contribution in [2.24, 2.45) is 5.73 Å². The Morgan fingerprint density at radius 1 is 1.57 bits per heavy atom. The van der Waals surface area contributed by atoms with Gasteiger partial charge in [0.05, 0.1) is 0 Å². The van der Waals surface area contributed by atoms with Crippen molar-refractivity contribution >= 4 is 12.0 Å². The lowest BCUT2D eigenvalue weighted by Gasteiger charge is -2.02. The first-order chi connectivity index (χ1) is 6.63. The minimum absolute atomic E-state index is 0.178. The van der Waals surface area contributed by atoms with E-state index in [2.05, 4.69) is 0 Å². The molecule has 0 radical (unpaired) electrons. The fourth-order valence-corrected chi connectivity index (χ4v) is 1.07. The van der Waals surface area contributed by atoms with Gasteiger partial charge in [-0.2, -0.15) is 0 Å². The maximum absolute atomic E-state index is 12.7. The van der Waals surface area contributed by atoms with Gasteiger partial charge in [-0.25, -0.2) is 9.18 Å². The average molecular weight is 195 g/mol. The summed E-state index contributed by atoms with van der Waals surface area (Å²) in [6, 6.07) is 4.05. The zero-order valence-corrected chi connectivity index (χ0v) is 7.40. The summed E-state index contributed by atoms with van der Waals surface area (Å²) >= 11 is 0. The zero-order valence-electron chi connectivity index (χ0n) is 7.40. The van der Waals surface area contributed by atoms with Crippen LogP contribution in [-0.4, -0.2) is 11.1 Å². The molecule has 0 spiro atoms. The highest BCUT2D eigenvalue weighted by atomic mass is 19.1. The molecule has 3 nitrogen and oxygen atoms in total. The molecule has 0 saturated carbocycles. The van der Waals surface area contributed by atoms with Gasteiger partial charge in [-0.05, 0) is 29.3 Å². The van der Waals surface area contributed by atoms with Gasteiger partial charge in [-0.1, -0.05) is 6.07 Å². The molecule has 0 aliphatic heterocycles. The second-order valence-corrected chi connectivity index (χ2v) is 2.72. The number of carboxylic acid groups (broad SMARTS) is 1. The van der Waals surface area contributed by atoms with E-state index in [0.29, 0.717) is 11.1 Å². The van der Waals surface area contributed by atoms with Crippen LogP contribution in [0.5, 0.6) is 0 Å². The van der Waals surface area contributed by atoms with Crippen molar-refractivity contribution in [1.82, 2.24) is 0 Å². The van der Waals surface area contributed by atoms with E-state index in [1.807, 2.05) is 0 Å². The van der Waals surface area contributed by atoms with Crippen molar-refractivity contribution in [3.8, 4) is 0 Å². The average Bonchev–Trinajstić information content (AvgIpc) is 2.15. The van der Waals surface area contributed by atoms with Crippen LogP contribution in [0.25, 0.3) is 6.08 Å².